The van der Waals surface area contributed by atoms with Crippen molar-refractivity contribution in [1.82, 2.24) is 15.0 Å². The first-order valence-electron chi connectivity index (χ1n) is 7.41. The van der Waals surface area contributed by atoms with Gasteiger partial charge in [0.1, 0.15) is 0 Å². The number of thioether (sulfide) groups is 1. The molecule has 0 spiro atoms. The van der Waals surface area contributed by atoms with Gasteiger partial charge < -0.3 is 14.5 Å². The Morgan fingerprint density at radius 1 is 1.39 bits per heavy atom. The van der Waals surface area contributed by atoms with Gasteiger partial charge >= 0.3 is 0 Å². The molecule has 0 aliphatic heterocycles. The lowest BCUT2D eigenvalue weighted by atomic mass is 10.2. The predicted molar refractivity (Wildman–Crippen MR) is 88.7 cm³/mol. The molecule has 0 bridgehead atoms. The predicted octanol–water partition coefficient (Wildman–Crippen LogP) is 2.02. The van der Waals surface area contributed by atoms with Crippen LogP contribution in [-0.2, 0) is 17.1 Å². The van der Waals surface area contributed by atoms with Crippen LogP contribution in [-0.4, -0.2) is 44.5 Å². The lowest BCUT2D eigenvalue weighted by Gasteiger charge is -2.24. The summed E-state index contributed by atoms with van der Waals surface area (Å²) in [6.07, 6.45) is -0.562. The van der Waals surface area contributed by atoms with Crippen molar-refractivity contribution in [2.45, 2.75) is 32.2 Å². The van der Waals surface area contributed by atoms with Crippen LogP contribution >= 0.6 is 11.8 Å². The van der Waals surface area contributed by atoms with Gasteiger partial charge in [-0.1, -0.05) is 35.5 Å². The fraction of sp³-hybridized carbons (Fsp3) is 0.438. The lowest BCUT2D eigenvalue weighted by molar-refractivity contribution is -0.130. The average molecular weight is 335 g/mol. The average Bonchev–Trinajstić information content (AvgIpc) is 2.92. The van der Waals surface area contributed by atoms with E-state index in [1.165, 1.54) is 11.8 Å². The highest BCUT2D eigenvalue weighted by Gasteiger charge is 2.16. The SMILES string of the molecule is Cc1nc(CSCC(=O)N(Cc2ccccc2)CC(C)O)no1. The zero-order valence-electron chi connectivity index (χ0n) is 13.3. The number of aliphatic hydroxyl groups excluding tert-OH is 1. The molecule has 2 aromatic rings. The van der Waals surface area contributed by atoms with Crippen LogP contribution in [0, 0.1) is 6.92 Å². The topological polar surface area (TPSA) is 79.5 Å². The maximum Gasteiger partial charge on any atom is 0.232 e. The summed E-state index contributed by atoms with van der Waals surface area (Å²) in [5, 5.41) is 13.4. The van der Waals surface area contributed by atoms with E-state index in [2.05, 4.69) is 10.1 Å². The maximum absolute atomic E-state index is 12.4. The van der Waals surface area contributed by atoms with Crippen molar-refractivity contribution in [1.29, 1.82) is 0 Å². The summed E-state index contributed by atoms with van der Waals surface area (Å²) >= 11 is 1.44. The second-order valence-corrected chi connectivity index (χ2v) is 6.32. The molecule has 0 radical (unpaired) electrons. The first-order chi connectivity index (χ1) is 11.0. The molecule has 0 saturated heterocycles. The normalized spacial score (nSPS) is 12.1. The number of carbonyl (C=O) groups excluding carboxylic acids is 1. The molecule has 1 aromatic heterocycles. The summed E-state index contributed by atoms with van der Waals surface area (Å²) in [6, 6.07) is 9.75. The summed E-state index contributed by atoms with van der Waals surface area (Å²) in [5.74, 6) is 1.93. The van der Waals surface area contributed by atoms with E-state index in [9.17, 15) is 9.90 Å². The fourth-order valence-electron chi connectivity index (χ4n) is 2.10. The largest absolute Gasteiger partial charge is 0.392 e. The third kappa shape index (κ3) is 6.03. The van der Waals surface area contributed by atoms with Crippen molar-refractivity contribution in [3.05, 3.63) is 47.6 Å². The van der Waals surface area contributed by atoms with E-state index in [1.807, 2.05) is 30.3 Å². The second kappa shape index (κ2) is 8.69. The Kier molecular flexibility index (Phi) is 6.61. The van der Waals surface area contributed by atoms with Crippen LogP contribution in [0.3, 0.4) is 0 Å². The smallest absolute Gasteiger partial charge is 0.232 e. The van der Waals surface area contributed by atoms with Crippen molar-refractivity contribution >= 4 is 17.7 Å². The van der Waals surface area contributed by atoms with Gasteiger partial charge in [-0.05, 0) is 12.5 Å². The van der Waals surface area contributed by atoms with Gasteiger partial charge in [0.15, 0.2) is 5.82 Å². The number of aliphatic hydroxyl groups is 1. The Morgan fingerprint density at radius 2 is 2.13 bits per heavy atom. The summed E-state index contributed by atoms with van der Waals surface area (Å²) in [6.45, 7) is 4.22. The summed E-state index contributed by atoms with van der Waals surface area (Å²) in [4.78, 5) is 18.2. The molecule has 1 atom stereocenters. The van der Waals surface area contributed by atoms with Crippen molar-refractivity contribution in [3.63, 3.8) is 0 Å². The van der Waals surface area contributed by atoms with E-state index in [1.54, 1.807) is 18.7 Å². The van der Waals surface area contributed by atoms with Crippen LogP contribution in [0.2, 0.25) is 0 Å². The number of nitrogens with zero attached hydrogens (tertiary/aromatic N) is 3. The molecule has 1 aromatic carbocycles. The monoisotopic (exact) mass is 335 g/mol. The van der Waals surface area contributed by atoms with Crippen LogP contribution in [0.1, 0.15) is 24.2 Å². The second-order valence-electron chi connectivity index (χ2n) is 5.33. The van der Waals surface area contributed by atoms with Crippen LogP contribution in [0.15, 0.2) is 34.9 Å². The first-order valence-corrected chi connectivity index (χ1v) is 8.56. The Hall–Kier alpha value is -1.86. The molecule has 23 heavy (non-hydrogen) atoms. The molecule has 2 rings (SSSR count). The van der Waals surface area contributed by atoms with Crippen molar-refractivity contribution in [2.75, 3.05) is 12.3 Å². The number of rotatable bonds is 8. The summed E-state index contributed by atoms with van der Waals surface area (Å²) in [7, 11) is 0. The van der Waals surface area contributed by atoms with Gasteiger partial charge in [0.25, 0.3) is 0 Å². The number of carbonyl (C=O) groups is 1. The molecule has 6 nitrogen and oxygen atoms in total. The quantitative estimate of drug-likeness (QED) is 0.795. The minimum absolute atomic E-state index is 0.0139. The van der Waals surface area contributed by atoms with Gasteiger partial charge in [-0.15, -0.1) is 11.8 Å². The van der Waals surface area contributed by atoms with Crippen LogP contribution < -0.4 is 0 Å². The van der Waals surface area contributed by atoms with Crippen molar-refractivity contribution < 1.29 is 14.4 Å². The Morgan fingerprint density at radius 3 is 2.74 bits per heavy atom. The van der Waals surface area contributed by atoms with E-state index in [-0.39, 0.29) is 5.91 Å². The lowest BCUT2D eigenvalue weighted by Crippen LogP contribution is -2.37. The fourth-order valence-corrected chi connectivity index (χ4v) is 2.86. The van der Waals surface area contributed by atoms with Gasteiger partial charge in [-0.2, -0.15) is 4.98 Å². The minimum atomic E-state index is -0.562. The number of benzene rings is 1. The van der Waals surface area contributed by atoms with Gasteiger partial charge in [-0.3, -0.25) is 4.79 Å². The molecular weight excluding hydrogens is 314 g/mol. The Bertz CT molecular complexity index is 616. The van der Waals surface area contributed by atoms with Crippen molar-refractivity contribution in [2.24, 2.45) is 0 Å². The molecule has 0 saturated carbocycles. The third-order valence-corrected chi connectivity index (χ3v) is 3.99. The molecular formula is C16H21N3O3S. The minimum Gasteiger partial charge on any atom is -0.392 e. The van der Waals surface area contributed by atoms with E-state index in [0.29, 0.717) is 36.3 Å². The highest BCUT2D eigenvalue weighted by Crippen LogP contribution is 2.12. The van der Waals surface area contributed by atoms with E-state index in [4.69, 9.17) is 4.52 Å². The van der Waals surface area contributed by atoms with E-state index < -0.39 is 6.10 Å². The van der Waals surface area contributed by atoms with Gasteiger partial charge in [-0.25, -0.2) is 0 Å². The zero-order chi connectivity index (χ0) is 16.7. The van der Waals surface area contributed by atoms with Crippen LogP contribution in [0.4, 0.5) is 0 Å². The highest BCUT2D eigenvalue weighted by molar-refractivity contribution is 7.99. The summed E-state index contributed by atoms with van der Waals surface area (Å²) in [5.41, 5.74) is 1.04. The Balaban J connectivity index is 1.88. The van der Waals surface area contributed by atoms with E-state index >= 15 is 0 Å². The van der Waals surface area contributed by atoms with E-state index in [0.717, 1.165) is 5.56 Å². The molecule has 1 heterocycles. The number of amides is 1. The van der Waals surface area contributed by atoms with Crippen molar-refractivity contribution in [3.8, 4) is 0 Å². The van der Waals surface area contributed by atoms with Gasteiger partial charge in [0.2, 0.25) is 11.8 Å². The number of aromatic nitrogens is 2. The number of aryl methyl sites for hydroxylation is 1. The summed E-state index contributed by atoms with van der Waals surface area (Å²) < 4.78 is 4.90. The maximum atomic E-state index is 12.4. The third-order valence-electron chi connectivity index (χ3n) is 3.08. The Labute approximate surface area is 139 Å². The standard InChI is InChI=1S/C16H21N3O3S/c1-12(20)8-19(9-14-6-4-3-5-7-14)16(21)11-23-10-15-17-13(2)22-18-15/h3-7,12,20H,8-11H2,1-2H3. The molecule has 124 valence electrons. The molecule has 0 fully saturated rings. The van der Waals surface area contributed by atoms with Gasteiger partial charge in [0.05, 0.1) is 17.6 Å². The first kappa shape index (κ1) is 17.5. The molecule has 0 aliphatic carbocycles. The van der Waals surface area contributed by atoms with Crippen LogP contribution in [0.25, 0.3) is 0 Å². The highest BCUT2D eigenvalue weighted by atomic mass is 32.2. The molecule has 0 aliphatic rings. The molecule has 1 unspecified atom stereocenters. The molecule has 1 N–H and O–H groups in total. The molecule has 7 heteroatoms. The van der Waals surface area contributed by atoms with Gasteiger partial charge in [0, 0.05) is 20.0 Å². The van der Waals surface area contributed by atoms with Crippen LogP contribution in [0.5, 0.6) is 0 Å². The zero-order valence-corrected chi connectivity index (χ0v) is 14.1. The number of hydrogen-bond acceptors (Lipinski definition) is 6. The number of hydrogen-bond donors (Lipinski definition) is 1. The molecule has 1 amide bonds.